The summed E-state index contributed by atoms with van der Waals surface area (Å²) in [4.78, 5) is 19.1. The molecule has 1 amide bonds. The number of rotatable bonds is 4. The van der Waals surface area contributed by atoms with E-state index in [1.165, 1.54) is 17.6 Å². The Morgan fingerprint density at radius 2 is 2.08 bits per heavy atom. The Morgan fingerprint density at radius 1 is 1.27 bits per heavy atom. The molecule has 0 radical (unpaired) electrons. The molecule has 2 aromatic rings. The third kappa shape index (κ3) is 3.38. The average Bonchev–Trinajstić information content (AvgIpc) is 3.32. The maximum Gasteiger partial charge on any atom is 0.253 e. The number of nitrogens with zero attached hydrogens (tertiary/aromatic N) is 3. The number of piperazine rings is 1. The summed E-state index contributed by atoms with van der Waals surface area (Å²) in [6.45, 7) is 3.84. The zero-order valence-electron chi connectivity index (χ0n) is 14.0. The molecule has 1 saturated heterocycles. The molecule has 4 rings (SSSR count). The van der Waals surface area contributed by atoms with Crippen molar-refractivity contribution in [2.75, 3.05) is 42.9 Å². The average molecular weight is 371 g/mol. The highest BCUT2D eigenvalue weighted by Crippen LogP contribution is 2.31. The molecular formula is C18H18FN5OS. The van der Waals surface area contributed by atoms with Gasteiger partial charge in [0.25, 0.3) is 5.91 Å². The van der Waals surface area contributed by atoms with Crippen molar-refractivity contribution in [3.63, 3.8) is 0 Å². The highest BCUT2D eigenvalue weighted by molar-refractivity contribution is 7.11. The van der Waals surface area contributed by atoms with Gasteiger partial charge in [-0.05, 0) is 29.7 Å². The number of aliphatic imine (C=N–C) groups is 1. The number of halogens is 1. The fraction of sp³-hybridized carbons (Fsp3) is 0.278. The van der Waals surface area contributed by atoms with Gasteiger partial charge in [-0.3, -0.25) is 9.79 Å². The van der Waals surface area contributed by atoms with Crippen LogP contribution in [0.1, 0.15) is 5.56 Å². The van der Waals surface area contributed by atoms with Gasteiger partial charge in [-0.15, -0.1) is 0 Å². The lowest BCUT2D eigenvalue weighted by Gasteiger charge is -2.28. The first-order chi connectivity index (χ1) is 12.7. The zero-order chi connectivity index (χ0) is 17.9. The summed E-state index contributed by atoms with van der Waals surface area (Å²) in [6.07, 6.45) is 3.33. The number of amides is 1. The van der Waals surface area contributed by atoms with Crippen molar-refractivity contribution < 1.29 is 9.18 Å². The van der Waals surface area contributed by atoms with Crippen molar-refractivity contribution >= 4 is 33.8 Å². The molecule has 1 aromatic carbocycles. The van der Waals surface area contributed by atoms with Gasteiger partial charge in [0.1, 0.15) is 10.8 Å². The molecule has 0 spiro atoms. The van der Waals surface area contributed by atoms with Crippen molar-refractivity contribution in [3.05, 3.63) is 53.5 Å². The normalized spacial score (nSPS) is 17.0. The van der Waals surface area contributed by atoms with E-state index in [0.717, 1.165) is 31.2 Å². The predicted molar refractivity (Wildman–Crippen MR) is 102 cm³/mol. The molecule has 0 bridgehead atoms. The van der Waals surface area contributed by atoms with Crippen LogP contribution in [0.25, 0.3) is 0 Å². The maximum atomic E-state index is 13.9. The quantitative estimate of drug-likeness (QED) is 0.863. The Kier molecular flexibility index (Phi) is 4.77. The van der Waals surface area contributed by atoms with Crippen LogP contribution < -0.4 is 15.5 Å². The van der Waals surface area contributed by atoms with Crippen molar-refractivity contribution in [1.29, 1.82) is 0 Å². The van der Waals surface area contributed by atoms with E-state index in [0.29, 0.717) is 22.5 Å². The summed E-state index contributed by atoms with van der Waals surface area (Å²) in [6, 6.07) is 6.44. The molecule has 0 aliphatic carbocycles. The minimum Gasteiger partial charge on any atom is -0.358 e. The van der Waals surface area contributed by atoms with Gasteiger partial charge < -0.3 is 15.5 Å². The fourth-order valence-corrected chi connectivity index (χ4v) is 3.77. The SMILES string of the molecule is O=C(Nc1cnsc1N1CCNCC1)C1=CC(c2ccccc2F)=NC1. The van der Waals surface area contributed by atoms with Crippen LogP contribution in [0.3, 0.4) is 0 Å². The maximum absolute atomic E-state index is 13.9. The summed E-state index contributed by atoms with van der Waals surface area (Å²) in [5.41, 5.74) is 2.14. The van der Waals surface area contributed by atoms with Crippen LogP contribution in [-0.2, 0) is 4.79 Å². The number of anilines is 2. The van der Waals surface area contributed by atoms with Crippen LogP contribution in [-0.4, -0.2) is 48.7 Å². The van der Waals surface area contributed by atoms with Crippen LogP contribution in [0.15, 0.2) is 47.1 Å². The first-order valence-electron chi connectivity index (χ1n) is 8.44. The molecule has 1 fully saturated rings. The lowest BCUT2D eigenvalue weighted by Crippen LogP contribution is -2.43. The Morgan fingerprint density at radius 3 is 2.88 bits per heavy atom. The van der Waals surface area contributed by atoms with Gasteiger partial charge in [-0.2, -0.15) is 4.37 Å². The lowest BCUT2D eigenvalue weighted by molar-refractivity contribution is -0.112. The smallest absolute Gasteiger partial charge is 0.253 e. The molecule has 0 atom stereocenters. The third-order valence-electron chi connectivity index (χ3n) is 4.38. The van der Waals surface area contributed by atoms with Gasteiger partial charge in [-0.25, -0.2) is 4.39 Å². The van der Waals surface area contributed by atoms with Crippen LogP contribution >= 0.6 is 11.5 Å². The molecule has 3 heterocycles. The minimum atomic E-state index is -0.341. The summed E-state index contributed by atoms with van der Waals surface area (Å²) in [5, 5.41) is 7.20. The standard InChI is InChI=1S/C18H18FN5OS/c19-14-4-2-1-3-13(14)15-9-12(10-21-15)17(25)23-16-11-22-26-18(16)24-7-5-20-6-8-24/h1-4,9,11,20H,5-8,10H2,(H,23,25). The van der Waals surface area contributed by atoms with E-state index >= 15 is 0 Å². The molecule has 0 saturated carbocycles. The predicted octanol–water partition coefficient (Wildman–Crippen LogP) is 2.06. The molecule has 2 N–H and O–H groups in total. The van der Waals surface area contributed by atoms with Crippen molar-refractivity contribution in [3.8, 4) is 0 Å². The second kappa shape index (κ2) is 7.35. The van der Waals surface area contributed by atoms with E-state index in [1.54, 1.807) is 30.5 Å². The summed E-state index contributed by atoms with van der Waals surface area (Å²) < 4.78 is 18.1. The number of allylic oxidation sites excluding steroid dienone is 1. The van der Waals surface area contributed by atoms with Gasteiger partial charge in [0, 0.05) is 37.3 Å². The molecular weight excluding hydrogens is 353 g/mol. The van der Waals surface area contributed by atoms with Crippen LogP contribution in [0.2, 0.25) is 0 Å². The topological polar surface area (TPSA) is 69.6 Å². The fourth-order valence-electron chi connectivity index (χ4n) is 3.01. The van der Waals surface area contributed by atoms with Crippen molar-refractivity contribution in [1.82, 2.24) is 9.69 Å². The number of carbonyl (C=O) groups is 1. The van der Waals surface area contributed by atoms with Crippen molar-refractivity contribution in [2.24, 2.45) is 4.99 Å². The number of hydrogen-bond acceptors (Lipinski definition) is 6. The summed E-state index contributed by atoms with van der Waals surface area (Å²) in [5.74, 6) is -0.566. The molecule has 6 nitrogen and oxygen atoms in total. The monoisotopic (exact) mass is 371 g/mol. The largest absolute Gasteiger partial charge is 0.358 e. The summed E-state index contributed by atoms with van der Waals surface area (Å²) in [7, 11) is 0. The molecule has 1 aromatic heterocycles. The number of carbonyl (C=O) groups excluding carboxylic acids is 1. The number of hydrogen-bond donors (Lipinski definition) is 2. The molecule has 0 unspecified atom stereocenters. The lowest BCUT2D eigenvalue weighted by atomic mass is 10.1. The molecule has 2 aliphatic rings. The first kappa shape index (κ1) is 16.9. The third-order valence-corrected chi connectivity index (χ3v) is 5.24. The second-order valence-corrected chi connectivity index (χ2v) is 6.87. The van der Waals surface area contributed by atoms with E-state index in [9.17, 15) is 9.18 Å². The molecule has 26 heavy (non-hydrogen) atoms. The van der Waals surface area contributed by atoms with E-state index in [2.05, 4.69) is 24.9 Å². The van der Waals surface area contributed by atoms with E-state index < -0.39 is 0 Å². The highest BCUT2D eigenvalue weighted by Gasteiger charge is 2.22. The van der Waals surface area contributed by atoms with Gasteiger partial charge >= 0.3 is 0 Å². The summed E-state index contributed by atoms with van der Waals surface area (Å²) >= 11 is 1.38. The van der Waals surface area contributed by atoms with Gasteiger partial charge in [0.15, 0.2) is 0 Å². The molecule has 134 valence electrons. The van der Waals surface area contributed by atoms with E-state index in [4.69, 9.17) is 0 Å². The van der Waals surface area contributed by atoms with E-state index in [1.807, 2.05) is 0 Å². The minimum absolute atomic E-state index is 0.225. The zero-order valence-corrected chi connectivity index (χ0v) is 14.9. The molecule has 8 heteroatoms. The number of aromatic nitrogens is 1. The number of benzene rings is 1. The Balaban J connectivity index is 1.48. The molecule has 2 aliphatic heterocycles. The van der Waals surface area contributed by atoms with Crippen LogP contribution in [0.5, 0.6) is 0 Å². The highest BCUT2D eigenvalue weighted by atomic mass is 32.1. The Hall–Kier alpha value is -2.58. The van der Waals surface area contributed by atoms with Crippen LogP contribution in [0, 0.1) is 5.82 Å². The van der Waals surface area contributed by atoms with Crippen LogP contribution in [0.4, 0.5) is 15.1 Å². The van der Waals surface area contributed by atoms with Crippen molar-refractivity contribution in [2.45, 2.75) is 0 Å². The van der Waals surface area contributed by atoms with Gasteiger partial charge in [0.05, 0.1) is 24.1 Å². The van der Waals surface area contributed by atoms with E-state index in [-0.39, 0.29) is 18.3 Å². The van der Waals surface area contributed by atoms with Gasteiger partial charge in [0.2, 0.25) is 0 Å². The van der Waals surface area contributed by atoms with Gasteiger partial charge in [-0.1, -0.05) is 12.1 Å². The number of nitrogens with one attached hydrogen (secondary N) is 2. The first-order valence-corrected chi connectivity index (χ1v) is 9.21. The Bertz CT molecular complexity index is 885. The second-order valence-electron chi connectivity index (χ2n) is 6.09. The Labute approximate surface area is 154 Å².